The van der Waals surface area contributed by atoms with Gasteiger partial charge >= 0.3 is 6.18 Å². The zero-order valence-electron chi connectivity index (χ0n) is 10.4. The fourth-order valence-electron chi connectivity index (χ4n) is 1.44. The van der Waals surface area contributed by atoms with Gasteiger partial charge in [-0.3, -0.25) is 4.79 Å². The Hall–Kier alpha value is -2.84. The van der Waals surface area contributed by atoms with E-state index in [1.54, 1.807) is 0 Å². The molecule has 0 fully saturated rings. The van der Waals surface area contributed by atoms with E-state index in [0.29, 0.717) is 0 Å². The number of carbonyl (C=O) groups is 1. The van der Waals surface area contributed by atoms with Gasteiger partial charge < -0.3 is 16.2 Å². The zero-order valence-corrected chi connectivity index (χ0v) is 10.4. The van der Waals surface area contributed by atoms with E-state index in [-0.39, 0.29) is 23.0 Å². The maximum absolute atomic E-state index is 12.5. The Morgan fingerprint density at radius 1 is 1.14 bits per heavy atom. The van der Waals surface area contributed by atoms with Crippen LogP contribution >= 0.6 is 0 Å². The normalized spacial score (nSPS) is 11.2. The molecule has 110 valence electrons. The van der Waals surface area contributed by atoms with Crippen molar-refractivity contribution in [3.63, 3.8) is 0 Å². The summed E-state index contributed by atoms with van der Waals surface area (Å²) in [6, 6.07) is 5.22. The van der Waals surface area contributed by atoms with Crippen molar-refractivity contribution < 1.29 is 22.7 Å². The van der Waals surface area contributed by atoms with E-state index in [9.17, 15) is 18.0 Å². The van der Waals surface area contributed by atoms with E-state index in [0.717, 1.165) is 18.2 Å². The first kappa shape index (κ1) is 14.6. The number of aromatic nitrogens is 2. The quantitative estimate of drug-likeness (QED) is 0.843. The van der Waals surface area contributed by atoms with E-state index >= 15 is 0 Å². The summed E-state index contributed by atoms with van der Waals surface area (Å²) in [5.41, 5.74) is 9.33. The van der Waals surface area contributed by atoms with Crippen LogP contribution in [0.15, 0.2) is 30.3 Å². The number of halogens is 3. The van der Waals surface area contributed by atoms with Gasteiger partial charge in [-0.05, 0) is 24.3 Å². The molecule has 0 saturated heterocycles. The third-order valence-corrected chi connectivity index (χ3v) is 2.44. The number of benzene rings is 1. The van der Waals surface area contributed by atoms with Gasteiger partial charge in [-0.25, -0.2) is 0 Å². The molecular formula is C12H9F3N4O2. The van der Waals surface area contributed by atoms with Crippen molar-refractivity contribution >= 4 is 11.6 Å². The molecule has 0 atom stereocenters. The van der Waals surface area contributed by atoms with Crippen molar-refractivity contribution in [2.45, 2.75) is 6.18 Å². The van der Waals surface area contributed by atoms with Gasteiger partial charge in [0.15, 0.2) is 11.4 Å². The van der Waals surface area contributed by atoms with Gasteiger partial charge in [0, 0.05) is 6.07 Å². The topological polar surface area (TPSA) is 104 Å². The molecule has 6 nitrogen and oxygen atoms in total. The van der Waals surface area contributed by atoms with Gasteiger partial charge in [0.1, 0.15) is 0 Å². The Balaban J connectivity index is 2.22. The first-order valence-corrected chi connectivity index (χ1v) is 5.55. The number of nitrogens with zero attached hydrogens (tertiary/aromatic N) is 2. The van der Waals surface area contributed by atoms with Gasteiger partial charge in [-0.2, -0.15) is 13.2 Å². The number of ether oxygens (including phenoxy) is 1. The average Bonchev–Trinajstić information content (AvgIpc) is 2.40. The number of nitrogens with two attached hydrogens (primary N) is 2. The Bertz CT molecular complexity index is 671. The molecule has 0 unspecified atom stereocenters. The molecule has 4 N–H and O–H groups in total. The molecule has 2 aromatic rings. The highest BCUT2D eigenvalue weighted by Gasteiger charge is 2.31. The molecule has 0 aliphatic carbocycles. The minimum Gasteiger partial charge on any atom is -0.435 e. The molecule has 1 aromatic carbocycles. The number of alkyl halides is 3. The van der Waals surface area contributed by atoms with E-state index in [1.807, 2.05) is 0 Å². The Labute approximate surface area is 116 Å². The van der Waals surface area contributed by atoms with E-state index in [4.69, 9.17) is 16.2 Å². The molecule has 0 aliphatic rings. The zero-order chi connectivity index (χ0) is 15.6. The second kappa shape index (κ2) is 5.27. The van der Waals surface area contributed by atoms with Gasteiger partial charge in [0.25, 0.3) is 5.91 Å². The summed E-state index contributed by atoms with van der Waals surface area (Å²) in [7, 11) is 0. The maximum Gasteiger partial charge on any atom is 0.416 e. The molecule has 1 heterocycles. The van der Waals surface area contributed by atoms with Crippen LogP contribution in [0.25, 0.3) is 0 Å². The Morgan fingerprint density at radius 3 is 2.33 bits per heavy atom. The average molecular weight is 298 g/mol. The summed E-state index contributed by atoms with van der Waals surface area (Å²) in [6.45, 7) is 0. The molecule has 0 saturated carbocycles. The summed E-state index contributed by atoms with van der Waals surface area (Å²) < 4.78 is 42.6. The predicted octanol–water partition coefficient (Wildman–Crippen LogP) is 1.97. The maximum atomic E-state index is 12.5. The molecule has 0 bridgehead atoms. The standard InChI is InChI=1S/C12H9F3N4O2/c13-12(14,15)6-1-3-9(7(16)5-6)21-10-4-2-8(11(17)20)18-19-10/h1-5H,16H2,(H2,17,20). The van der Waals surface area contributed by atoms with Crippen molar-refractivity contribution in [1.82, 2.24) is 10.2 Å². The van der Waals surface area contributed by atoms with Crippen LogP contribution in [-0.4, -0.2) is 16.1 Å². The van der Waals surface area contributed by atoms with Crippen LogP contribution in [0.5, 0.6) is 11.6 Å². The van der Waals surface area contributed by atoms with Crippen LogP contribution in [0.3, 0.4) is 0 Å². The van der Waals surface area contributed by atoms with Gasteiger partial charge in [-0.15, -0.1) is 10.2 Å². The highest BCUT2D eigenvalue weighted by molar-refractivity contribution is 5.90. The fraction of sp³-hybridized carbons (Fsp3) is 0.0833. The molecule has 1 amide bonds. The number of hydrogen-bond donors (Lipinski definition) is 2. The van der Waals surface area contributed by atoms with E-state index in [2.05, 4.69) is 10.2 Å². The Morgan fingerprint density at radius 2 is 1.86 bits per heavy atom. The van der Waals surface area contributed by atoms with Gasteiger partial charge in [0.2, 0.25) is 5.88 Å². The lowest BCUT2D eigenvalue weighted by Gasteiger charge is -2.11. The van der Waals surface area contributed by atoms with Crippen molar-refractivity contribution in [1.29, 1.82) is 0 Å². The van der Waals surface area contributed by atoms with Crippen LogP contribution in [0.4, 0.5) is 18.9 Å². The second-order valence-electron chi connectivity index (χ2n) is 3.97. The lowest BCUT2D eigenvalue weighted by Crippen LogP contribution is -2.13. The lowest BCUT2D eigenvalue weighted by atomic mass is 10.2. The lowest BCUT2D eigenvalue weighted by molar-refractivity contribution is -0.137. The molecule has 0 aliphatic heterocycles. The number of amides is 1. The van der Waals surface area contributed by atoms with Crippen LogP contribution in [0, 0.1) is 0 Å². The summed E-state index contributed by atoms with van der Waals surface area (Å²) in [6.07, 6.45) is -4.49. The van der Waals surface area contributed by atoms with Crippen molar-refractivity contribution in [2.24, 2.45) is 5.73 Å². The molecule has 0 radical (unpaired) electrons. The number of primary amides is 1. The Kier molecular flexibility index (Phi) is 3.66. The summed E-state index contributed by atoms with van der Waals surface area (Å²) in [5, 5.41) is 7.05. The molecule has 0 spiro atoms. The van der Waals surface area contributed by atoms with Crippen LogP contribution in [-0.2, 0) is 6.18 Å². The number of nitrogen functional groups attached to an aromatic ring is 1. The molecule has 9 heteroatoms. The van der Waals surface area contributed by atoms with Gasteiger partial charge in [0.05, 0.1) is 11.3 Å². The number of anilines is 1. The van der Waals surface area contributed by atoms with Crippen molar-refractivity contribution in [2.75, 3.05) is 5.73 Å². The number of carbonyl (C=O) groups excluding carboxylic acids is 1. The minimum absolute atomic E-state index is 0.0101. The predicted molar refractivity (Wildman–Crippen MR) is 66.5 cm³/mol. The number of rotatable bonds is 3. The summed E-state index contributed by atoms with van der Waals surface area (Å²) in [5.74, 6) is -0.807. The highest BCUT2D eigenvalue weighted by Crippen LogP contribution is 2.34. The van der Waals surface area contributed by atoms with Gasteiger partial charge in [-0.1, -0.05) is 0 Å². The van der Waals surface area contributed by atoms with Crippen LogP contribution < -0.4 is 16.2 Å². The van der Waals surface area contributed by atoms with Crippen LogP contribution in [0.1, 0.15) is 16.1 Å². The largest absolute Gasteiger partial charge is 0.435 e. The third kappa shape index (κ3) is 3.38. The highest BCUT2D eigenvalue weighted by atomic mass is 19.4. The molecule has 1 aromatic heterocycles. The van der Waals surface area contributed by atoms with Crippen molar-refractivity contribution in [3.8, 4) is 11.6 Å². The fourth-order valence-corrected chi connectivity index (χ4v) is 1.44. The first-order chi connectivity index (χ1) is 9.77. The monoisotopic (exact) mass is 298 g/mol. The summed E-state index contributed by atoms with van der Waals surface area (Å²) in [4.78, 5) is 10.8. The van der Waals surface area contributed by atoms with Crippen molar-refractivity contribution in [3.05, 3.63) is 41.6 Å². The van der Waals surface area contributed by atoms with E-state index in [1.165, 1.54) is 12.1 Å². The SMILES string of the molecule is NC(=O)c1ccc(Oc2ccc(C(F)(F)F)cc2N)nn1. The molecule has 21 heavy (non-hydrogen) atoms. The third-order valence-electron chi connectivity index (χ3n) is 2.44. The second-order valence-corrected chi connectivity index (χ2v) is 3.97. The first-order valence-electron chi connectivity index (χ1n) is 5.55. The number of hydrogen-bond acceptors (Lipinski definition) is 5. The van der Waals surface area contributed by atoms with E-state index < -0.39 is 17.6 Å². The minimum atomic E-state index is -4.49. The smallest absolute Gasteiger partial charge is 0.416 e. The van der Waals surface area contributed by atoms with Crippen LogP contribution in [0.2, 0.25) is 0 Å². The molecular weight excluding hydrogens is 289 g/mol. The molecule has 2 rings (SSSR count). The summed E-state index contributed by atoms with van der Waals surface area (Å²) >= 11 is 0.